The number of rotatable bonds is 22. The van der Waals surface area contributed by atoms with Crippen LogP contribution in [0.25, 0.3) is 0 Å². The molecule has 4 amide bonds. The van der Waals surface area contributed by atoms with E-state index in [9.17, 15) is 39.3 Å². The molecule has 388 valence electrons. The van der Waals surface area contributed by atoms with Crippen LogP contribution in [-0.4, -0.2) is 110 Å². The standard InChI is InChI=1S/C28H39BN2O7.C26H35BN2O5/c1-17(2)13-25(29(34)35)31-28(33)22(14-18-9-7-6-8-10-18)30-27(32)19-11-12-20-21(15-19)23(36-3)16-24(37-4)26(20)38-5;1-17(2)14-24(27(32)33)29-26(31)22(15-18-8-5-4-6-9-18)28-25(30)20-13-12-19-10-7-11-23(34-3)21(19)16-20/h6-10,16-17,19,22,25,34-35H,11-15H2,1-5H3,(H,30,32)(H,31,33);4-11,17,20,22,24,32-33H,12-16H2,1-3H3,(H,28,30)(H,29,31)/t19?,22-,25-;20?,22-,24-/m00/s1. The van der Waals surface area contributed by atoms with E-state index < -0.39 is 50.0 Å². The first-order valence-electron chi connectivity index (χ1n) is 24.9. The molecule has 0 aromatic heterocycles. The van der Waals surface area contributed by atoms with Gasteiger partial charge in [0, 0.05) is 41.9 Å². The molecular formula is C54H74B2N4O12. The summed E-state index contributed by atoms with van der Waals surface area (Å²) in [7, 11) is 2.98. The van der Waals surface area contributed by atoms with Crippen molar-refractivity contribution in [3.63, 3.8) is 0 Å². The van der Waals surface area contributed by atoms with Crippen molar-refractivity contribution in [3.05, 3.63) is 118 Å². The lowest BCUT2D eigenvalue weighted by atomic mass is 9.75. The molecule has 2 unspecified atom stereocenters. The van der Waals surface area contributed by atoms with Gasteiger partial charge in [0.15, 0.2) is 11.5 Å². The second kappa shape index (κ2) is 27.7. The molecule has 0 bridgehead atoms. The zero-order chi connectivity index (χ0) is 52.5. The van der Waals surface area contributed by atoms with Crippen molar-refractivity contribution >= 4 is 37.9 Å². The average molecular weight is 993 g/mol. The van der Waals surface area contributed by atoms with E-state index in [0.29, 0.717) is 68.6 Å². The van der Waals surface area contributed by atoms with Crippen LogP contribution in [0.1, 0.15) is 86.8 Å². The number of amides is 4. The molecule has 2 aliphatic carbocycles. The zero-order valence-electron chi connectivity index (χ0n) is 43.0. The summed E-state index contributed by atoms with van der Waals surface area (Å²) in [6.45, 7) is 7.76. The molecule has 0 heterocycles. The number of methoxy groups -OCH3 is 4. The Hall–Kier alpha value is -6.07. The normalized spacial score (nSPS) is 16.5. The number of ether oxygens (including phenoxy) is 4. The SMILES string of the molecule is COc1cc(OC)c(OC)c2c1CC(C(=O)N[C@@H](Cc1ccccc1)C(=O)N[C@@H](CC(C)C)B(O)O)CC2.COc1cccc2c1CC(C(=O)N[C@@H](Cc1ccccc1)C(=O)N[C@@H](CC(C)C)B(O)O)CC2. The lowest BCUT2D eigenvalue weighted by Gasteiger charge is -2.29. The highest BCUT2D eigenvalue weighted by molar-refractivity contribution is 6.44. The van der Waals surface area contributed by atoms with Gasteiger partial charge in [0.05, 0.1) is 40.3 Å². The van der Waals surface area contributed by atoms with E-state index in [1.807, 2.05) is 100 Å². The molecule has 0 saturated heterocycles. The Balaban J connectivity index is 0.000000269. The van der Waals surface area contributed by atoms with Gasteiger partial charge in [0.25, 0.3) is 0 Å². The number of carbonyl (C=O) groups is 4. The Morgan fingerprint density at radius 3 is 1.43 bits per heavy atom. The van der Waals surface area contributed by atoms with E-state index in [0.717, 1.165) is 40.0 Å². The Kier molecular flexibility index (Phi) is 21.8. The smallest absolute Gasteiger partial charge is 0.475 e. The summed E-state index contributed by atoms with van der Waals surface area (Å²) in [5, 5.41) is 50.5. The maximum atomic E-state index is 13.5. The van der Waals surface area contributed by atoms with E-state index in [1.54, 1.807) is 34.5 Å². The molecule has 0 fully saturated rings. The fourth-order valence-corrected chi connectivity index (χ4v) is 9.60. The summed E-state index contributed by atoms with van der Waals surface area (Å²) >= 11 is 0. The van der Waals surface area contributed by atoms with Gasteiger partial charge in [-0.05, 0) is 91.5 Å². The van der Waals surface area contributed by atoms with Crippen LogP contribution in [0.2, 0.25) is 0 Å². The first-order valence-corrected chi connectivity index (χ1v) is 24.9. The molecule has 4 aromatic carbocycles. The molecule has 18 heteroatoms. The number of aryl methyl sites for hydroxylation is 1. The van der Waals surface area contributed by atoms with Crippen LogP contribution in [0.5, 0.6) is 23.0 Å². The number of carbonyl (C=O) groups excluding carboxylic acids is 4. The minimum Gasteiger partial charge on any atom is -0.496 e. The number of hydrogen-bond acceptors (Lipinski definition) is 12. The first kappa shape index (κ1) is 56.8. The quantitative estimate of drug-likeness (QED) is 0.0519. The largest absolute Gasteiger partial charge is 0.496 e. The molecule has 0 aliphatic heterocycles. The van der Waals surface area contributed by atoms with E-state index >= 15 is 0 Å². The predicted octanol–water partition coefficient (Wildman–Crippen LogP) is 4.16. The van der Waals surface area contributed by atoms with Crippen LogP contribution in [0.4, 0.5) is 0 Å². The molecule has 4 aromatic rings. The summed E-state index contributed by atoms with van der Waals surface area (Å²) in [5.74, 6) is -0.695. The van der Waals surface area contributed by atoms with Gasteiger partial charge in [-0.3, -0.25) is 19.2 Å². The maximum absolute atomic E-state index is 13.5. The highest BCUT2D eigenvalue weighted by Gasteiger charge is 2.36. The van der Waals surface area contributed by atoms with E-state index in [4.69, 9.17) is 18.9 Å². The molecule has 16 nitrogen and oxygen atoms in total. The molecule has 2 aliphatic rings. The van der Waals surface area contributed by atoms with Crippen LogP contribution in [-0.2, 0) is 57.7 Å². The van der Waals surface area contributed by atoms with Crippen molar-refractivity contribution < 1.29 is 58.2 Å². The van der Waals surface area contributed by atoms with Gasteiger partial charge in [0.1, 0.15) is 23.6 Å². The Morgan fingerprint density at radius 1 is 0.542 bits per heavy atom. The fraction of sp³-hybridized carbons (Fsp3) is 0.481. The third-order valence-corrected chi connectivity index (χ3v) is 13.3. The van der Waals surface area contributed by atoms with Gasteiger partial charge in [-0.2, -0.15) is 0 Å². The van der Waals surface area contributed by atoms with Crippen LogP contribution >= 0.6 is 0 Å². The number of hydrogen-bond donors (Lipinski definition) is 8. The third kappa shape index (κ3) is 16.0. The summed E-state index contributed by atoms with van der Waals surface area (Å²) in [5.41, 5.74) is 5.87. The van der Waals surface area contributed by atoms with E-state index in [2.05, 4.69) is 27.3 Å². The lowest BCUT2D eigenvalue weighted by Crippen LogP contribution is -2.55. The number of fused-ring (bicyclic) bond motifs is 2. The highest BCUT2D eigenvalue weighted by atomic mass is 16.5. The fourth-order valence-electron chi connectivity index (χ4n) is 9.60. The van der Waals surface area contributed by atoms with E-state index in [-0.39, 0.29) is 41.9 Å². The molecule has 6 rings (SSSR count). The molecule has 0 radical (unpaired) electrons. The van der Waals surface area contributed by atoms with Crippen molar-refractivity contribution in [1.29, 1.82) is 0 Å². The third-order valence-electron chi connectivity index (χ3n) is 13.3. The number of benzene rings is 4. The first-order chi connectivity index (χ1) is 34.5. The van der Waals surface area contributed by atoms with Crippen molar-refractivity contribution in [2.75, 3.05) is 28.4 Å². The van der Waals surface area contributed by atoms with Crippen LogP contribution in [0.3, 0.4) is 0 Å². The summed E-state index contributed by atoms with van der Waals surface area (Å²) < 4.78 is 22.2. The summed E-state index contributed by atoms with van der Waals surface area (Å²) in [6, 6.07) is 24.8. The van der Waals surface area contributed by atoms with Gasteiger partial charge in [-0.15, -0.1) is 0 Å². The van der Waals surface area contributed by atoms with Gasteiger partial charge in [-0.25, -0.2) is 0 Å². The second-order valence-corrected chi connectivity index (χ2v) is 19.6. The van der Waals surface area contributed by atoms with Crippen LogP contribution in [0.15, 0.2) is 84.9 Å². The molecule has 6 atom stereocenters. The maximum Gasteiger partial charge on any atom is 0.475 e. The van der Waals surface area contributed by atoms with Crippen molar-refractivity contribution in [2.45, 2.75) is 116 Å². The Labute approximate surface area is 425 Å². The van der Waals surface area contributed by atoms with Gasteiger partial charge in [-0.1, -0.05) is 100 Å². The number of nitrogens with one attached hydrogen (secondary N) is 4. The van der Waals surface area contributed by atoms with Crippen LogP contribution in [0, 0.1) is 23.7 Å². The predicted molar refractivity (Wildman–Crippen MR) is 277 cm³/mol. The van der Waals surface area contributed by atoms with Crippen molar-refractivity contribution in [1.82, 2.24) is 21.3 Å². The zero-order valence-corrected chi connectivity index (χ0v) is 43.0. The summed E-state index contributed by atoms with van der Waals surface area (Å²) in [6.07, 6.45) is 4.97. The molecular weight excluding hydrogens is 918 g/mol. The minimum absolute atomic E-state index is 0.136. The van der Waals surface area contributed by atoms with Gasteiger partial charge in [0.2, 0.25) is 23.6 Å². The molecule has 0 saturated carbocycles. The van der Waals surface area contributed by atoms with E-state index in [1.165, 1.54) is 5.56 Å². The van der Waals surface area contributed by atoms with Crippen molar-refractivity contribution in [3.8, 4) is 23.0 Å². The van der Waals surface area contributed by atoms with Crippen LogP contribution < -0.4 is 40.2 Å². The summed E-state index contributed by atoms with van der Waals surface area (Å²) in [4.78, 5) is 53.3. The minimum atomic E-state index is -1.70. The monoisotopic (exact) mass is 993 g/mol. The van der Waals surface area contributed by atoms with Gasteiger partial charge < -0.3 is 60.3 Å². The second-order valence-electron chi connectivity index (χ2n) is 19.6. The van der Waals surface area contributed by atoms with Crippen molar-refractivity contribution in [2.24, 2.45) is 23.7 Å². The average Bonchev–Trinajstić information content (AvgIpc) is 3.37. The highest BCUT2D eigenvalue weighted by Crippen LogP contribution is 2.44. The topological polar surface area (TPSA) is 234 Å². The molecule has 8 N–H and O–H groups in total. The Morgan fingerprint density at radius 2 is 1.00 bits per heavy atom. The lowest BCUT2D eigenvalue weighted by molar-refractivity contribution is -0.131. The molecule has 72 heavy (non-hydrogen) atoms. The molecule has 0 spiro atoms. The Bertz CT molecular complexity index is 2380. The van der Waals surface area contributed by atoms with Gasteiger partial charge >= 0.3 is 14.2 Å².